The molecule has 30 heavy (non-hydrogen) atoms. The largest absolute Gasteiger partial charge is 0.302 e. The summed E-state index contributed by atoms with van der Waals surface area (Å²) in [4.78, 5) is 30.8. The Balaban J connectivity index is 1.66. The number of nitrogens with zero attached hydrogens (tertiary/aromatic N) is 1. The number of hydrogen-bond acceptors (Lipinski definition) is 4. The summed E-state index contributed by atoms with van der Waals surface area (Å²) in [6, 6.07) is 13.8. The van der Waals surface area contributed by atoms with Gasteiger partial charge >= 0.3 is 0 Å². The number of halogens is 1. The summed E-state index contributed by atoms with van der Waals surface area (Å²) < 4.78 is 1.01. The third kappa shape index (κ3) is 5.64. The average molecular weight is 485 g/mol. The Morgan fingerprint density at radius 2 is 1.80 bits per heavy atom. The first-order valence-electron chi connectivity index (χ1n) is 10.0. The Labute approximate surface area is 189 Å². The van der Waals surface area contributed by atoms with E-state index in [4.69, 9.17) is 0 Å². The molecule has 0 atom stereocenters. The second-order valence-electron chi connectivity index (χ2n) is 7.34. The third-order valence-electron chi connectivity index (χ3n) is 4.80. The Kier molecular flexibility index (Phi) is 7.56. The zero-order valence-electron chi connectivity index (χ0n) is 17.4. The minimum absolute atomic E-state index is 0.0102. The monoisotopic (exact) mass is 484 g/mol. The van der Waals surface area contributed by atoms with E-state index in [1.807, 2.05) is 56.3 Å². The number of nitrogens with one attached hydrogen (secondary N) is 1. The number of rotatable bonds is 8. The topological polar surface area (TPSA) is 59.1 Å². The van der Waals surface area contributed by atoms with E-state index in [0.717, 1.165) is 44.6 Å². The molecular formula is C24H25BrN2O2S. The molecule has 0 saturated carbocycles. The number of amides is 1. The van der Waals surface area contributed by atoms with Crippen molar-refractivity contribution in [1.29, 1.82) is 0 Å². The molecule has 1 aromatic heterocycles. The van der Waals surface area contributed by atoms with Crippen molar-refractivity contribution in [1.82, 2.24) is 4.98 Å². The van der Waals surface area contributed by atoms with Crippen LogP contribution in [-0.4, -0.2) is 16.7 Å². The number of ketones is 1. The van der Waals surface area contributed by atoms with Gasteiger partial charge in [-0.2, -0.15) is 0 Å². The van der Waals surface area contributed by atoms with Crippen LogP contribution in [0.1, 0.15) is 52.5 Å². The SMILES string of the molecule is CCCc1sc(NC(=O)CCC(=O)c2ccc(C)cc2C)nc1-c1ccc(Br)cc1. The number of aryl methyl sites for hydroxylation is 3. The molecule has 4 nitrogen and oxygen atoms in total. The van der Waals surface area contributed by atoms with Crippen LogP contribution in [0.3, 0.4) is 0 Å². The van der Waals surface area contributed by atoms with E-state index in [0.29, 0.717) is 10.7 Å². The van der Waals surface area contributed by atoms with Gasteiger partial charge in [-0.1, -0.05) is 65.2 Å². The highest BCUT2D eigenvalue weighted by Gasteiger charge is 2.16. The molecule has 6 heteroatoms. The predicted molar refractivity (Wildman–Crippen MR) is 127 cm³/mol. The number of carbonyl (C=O) groups excluding carboxylic acids is 2. The van der Waals surface area contributed by atoms with Gasteiger partial charge in [0.05, 0.1) is 5.69 Å². The number of aromatic nitrogens is 1. The van der Waals surface area contributed by atoms with Crippen LogP contribution in [-0.2, 0) is 11.2 Å². The van der Waals surface area contributed by atoms with Crippen molar-refractivity contribution < 1.29 is 9.59 Å². The van der Waals surface area contributed by atoms with Gasteiger partial charge in [0.1, 0.15) is 0 Å². The van der Waals surface area contributed by atoms with Gasteiger partial charge in [-0.05, 0) is 38.0 Å². The first-order valence-corrected chi connectivity index (χ1v) is 11.6. The van der Waals surface area contributed by atoms with Crippen LogP contribution in [0.25, 0.3) is 11.3 Å². The first-order chi connectivity index (χ1) is 14.4. The van der Waals surface area contributed by atoms with Crippen molar-refractivity contribution in [2.75, 3.05) is 5.32 Å². The summed E-state index contributed by atoms with van der Waals surface area (Å²) in [7, 11) is 0. The third-order valence-corrected chi connectivity index (χ3v) is 6.36. The molecule has 1 heterocycles. The highest BCUT2D eigenvalue weighted by atomic mass is 79.9. The normalized spacial score (nSPS) is 10.8. The van der Waals surface area contributed by atoms with Crippen molar-refractivity contribution in [3.63, 3.8) is 0 Å². The maximum absolute atomic E-state index is 12.5. The number of hydrogen-bond donors (Lipinski definition) is 1. The summed E-state index contributed by atoms with van der Waals surface area (Å²) in [5, 5.41) is 3.46. The Morgan fingerprint density at radius 3 is 2.47 bits per heavy atom. The van der Waals surface area contributed by atoms with Crippen molar-refractivity contribution in [2.45, 2.75) is 46.5 Å². The summed E-state index contributed by atoms with van der Waals surface area (Å²) >= 11 is 4.96. The molecule has 3 rings (SSSR count). The second-order valence-corrected chi connectivity index (χ2v) is 9.34. The molecule has 3 aromatic rings. The minimum Gasteiger partial charge on any atom is -0.302 e. The lowest BCUT2D eigenvalue weighted by Crippen LogP contribution is -2.13. The van der Waals surface area contributed by atoms with Crippen molar-refractivity contribution >= 4 is 44.1 Å². The van der Waals surface area contributed by atoms with Crippen LogP contribution >= 0.6 is 27.3 Å². The molecule has 0 bridgehead atoms. The molecule has 0 saturated heterocycles. The Hall–Kier alpha value is -2.31. The summed E-state index contributed by atoms with van der Waals surface area (Å²) in [5.74, 6) is -0.198. The van der Waals surface area contributed by atoms with Crippen molar-refractivity contribution in [3.05, 3.63) is 68.5 Å². The number of benzene rings is 2. The first kappa shape index (κ1) is 22.4. The molecule has 0 aliphatic rings. The maximum atomic E-state index is 12.5. The molecule has 0 spiro atoms. The number of carbonyl (C=O) groups is 2. The Bertz CT molecular complexity index is 1060. The van der Waals surface area contributed by atoms with Crippen LogP contribution in [0.2, 0.25) is 0 Å². The van der Waals surface area contributed by atoms with Crippen LogP contribution in [0, 0.1) is 13.8 Å². The van der Waals surface area contributed by atoms with Crippen LogP contribution < -0.4 is 5.32 Å². The summed E-state index contributed by atoms with van der Waals surface area (Å²) in [5.41, 5.74) is 4.70. The van der Waals surface area contributed by atoms with Crippen molar-refractivity contribution in [3.8, 4) is 11.3 Å². The highest BCUT2D eigenvalue weighted by molar-refractivity contribution is 9.10. The van der Waals surface area contributed by atoms with Gasteiger partial charge < -0.3 is 5.32 Å². The number of Topliss-reactive ketones (excluding diaryl/α,β-unsaturated/α-hetero) is 1. The van der Waals surface area contributed by atoms with Gasteiger partial charge in [0, 0.05) is 33.3 Å². The molecule has 0 aliphatic carbocycles. The standard InChI is InChI=1S/C24H25BrN2O2S/c1-4-5-21-23(17-7-9-18(25)10-8-17)27-24(30-21)26-22(29)13-12-20(28)19-11-6-15(2)14-16(19)3/h6-11,14H,4-5,12-13H2,1-3H3,(H,26,27,29). The van der Waals surface area contributed by atoms with Gasteiger partial charge in [-0.3, -0.25) is 9.59 Å². The van der Waals surface area contributed by atoms with Gasteiger partial charge in [0.15, 0.2) is 10.9 Å². The molecule has 1 N–H and O–H groups in total. The van der Waals surface area contributed by atoms with Gasteiger partial charge in [-0.25, -0.2) is 4.98 Å². The van der Waals surface area contributed by atoms with Gasteiger partial charge in [-0.15, -0.1) is 11.3 Å². The second kappa shape index (κ2) is 10.1. The lowest BCUT2D eigenvalue weighted by molar-refractivity contribution is -0.116. The lowest BCUT2D eigenvalue weighted by atomic mass is 9.99. The van der Waals surface area contributed by atoms with E-state index in [9.17, 15) is 9.59 Å². The molecule has 0 radical (unpaired) electrons. The van der Waals surface area contributed by atoms with Crippen LogP contribution in [0.4, 0.5) is 5.13 Å². The molecule has 0 unspecified atom stereocenters. The highest BCUT2D eigenvalue weighted by Crippen LogP contribution is 2.33. The van der Waals surface area contributed by atoms with E-state index < -0.39 is 0 Å². The number of anilines is 1. The van der Waals surface area contributed by atoms with E-state index >= 15 is 0 Å². The Morgan fingerprint density at radius 1 is 1.07 bits per heavy atom. The molecule has 1 amide bonds. The van der Waals surface area contributed by atoms with Crippen LogP contribution in [0.5, 0.6) is 0 Å². The fraction of sp³-hybridized carbons (Fsp3) is 0.292. The van der Waals surface area contributed by atoms with E-state index in [1.54, 1.807) is 0 Å². The number of thiazole rings is 1. The van der Waals surface area contributed by atoms with Crippen LogP contribution in [0.15, 0.2) is 46.9 Å². The molecule has 0 aliphatic heterocycles. The quantitative estimate of drug-likeness (QED) is 0.360. The van der Waals surface area contributed by atoms with Gasteiger partial charge in [0.2, 0.25) is 5.91 Å². The molecule has 156 valence electrons. The summed E-state index contributed by atoms with van der Waals surface area (Å²) in [6.07, 6.45) is 2.23. The van der Waals surface area contributed by atoms with Gasteiger partial charge in [0.25, 0.3) is 0 Å². The lowest BCUT2D eigenvalue weighted by Gasteiger charge is -2.06. The zero-order valence-corrected chi connectivity index (χ0v) is 19.8. The maximum Gasteiger partial charge on any atom is 0.226 e. The smallest absolute Gasteiger partial charge is 0.226 e. The summed E-state index contributed by atoms with van der Waals surface area (Å²) in [6.45, 7) is 6.05. The molecular weight excluding hydrogens is 460 g/mol. The van der Waals surface area contributed by atoms with Crippen molar-refractivity contribution in [2.24, 2.45) is 0 Å². The van der Waals surface area contributed by atoms with E-state index in [1.165, 1.54) is 11.3 Å². The molecule has 0 fully saturated rings. The van der Waals surface area contributed by atoms with E-state index in [2.05, 4.69) is 33.2 Å². The predicted octanol–water partition coefficient (Wildman–Crippen LogP) is 6.74. The average Bonchev–Trinajstić information content (AvgIpc) is 3.09. The molecule has 2 aromatic carbocycles. The van der Waals surface area contributed by atoms with E-state index in [-0.39, 0.29) is 24.5 Å². The fourth-order valence-electron chi connectivity index (χ4n) is 3.30. The minimum atomic E-state index is -0.188. The zero-order chi connectivity index (χ0) is 21.7. The fourth-order valence-corrected chi connectivity index (χ4v) is 4.67.